The van der Waals surface area contributed by atoms with Crippen molar-refractivity contribution in [3.05, 3.63) is 0 Å². The molecule has 0 aliphatic heterocycles. The first kappa shape index (κ1) is 10.9. The average Bonchev–Trinajstić information content (AvgIpc) is 1.87. The Labute approximate surface area is 64.0 Å². The molecule has 0 saturated heterocycles. The standard InChI is InChI=1S/C4H8F3NO2S/c1-3(5,11(9)10)4(6,7)2-8/h2,8H2,1H3,(H,9,10). The van der Waals surface area contributed by atoms with Gasteiger partial charge in [-0.05, 0) is 6.92 Å². The number of rotatable bonds is 3. The van der Waals surface area contributed by atoms with Crippen LogP contribution in [0.4, 0.5) is 13.2 Å². The van der Waals surface area contributed by atoms with E-state index in [4.69, 9.17) is 4.55 Å². The second-order valence-corrected chi connectivity index (χ2v) is 3.34. The highest BCUT2D eigenvalue weighted by Gasteiger charge is 2.55. The molecule has 0 spiro atoms. The van der Waals surface area contributed by atoms with Gasteiger partial charge in [0.1, 0.15) is 0 Å². The first-order valence-electron chi connectivity index (χ1n) is 2.63. The number of hydrogen-bond acceptors (Lipinski definition) is 2. The van der Waals surface area contributed by atoms with Crippen LogP contribution in [0, 0.1) is 0 Å². The molecule has 3 nitrogen and oxygen atoms in total. The Morgan fingerprint density at radius 1 is 1.55 bits per heavy atom. The van der Waals surface area contributed by atoms with Crippen LogP contribution in [-0.4, -0.2) is 26.2 Å². The molecule has 11 heavy (non-hydrogen) atoms. The summed E-state index contributed by atoms with van der Waals surface area (Å²) in [5.74, 6) is -3.98. The summed E-state index contributed by atoms with van der Waals surface area (Å²) in [4.78, 5) is 0. The molecular weight excluding hydrogens is 183 g/mol. The van der Waals surface area contributed by atoms with Gasteiger partial charge < -0.3 is 10.3 Å². The molecule has 0 rings (SSSR count). The fraction of sp³-hybridized carbons (Fsp3) is 1.00. The van der Waals surface area contributed by atoms with Crippen LogP contribution < -0.4 is 5.73 Å². The zero-order valence-electron chi connectivity index (χ0n) is 5.68. The van der Waals surface area contributed by atoms with Gasteiger partial charge in [0, 0.05) is 0 Å². The van der Waals surface area contributed by atoms with Gasteiger partial charge in [0.25, 0.3) is 5.00 Å². The maximum absolute atomic E-state index is 12.6. The van der Waals surface area contributed by atoms with Gasteiger partial charge in [-0.2, -0.15) is 0 Å². The molecule has 0 fully saturated rings. The fourth-order valence-corrected chi connectivity index (χ4v) is 0.649. The highest BCUT2D eigenvalue weighted by molar-refractivity contribution is 7.80. The number of hydrogen-bond donors (Lipinski definition) is 2. The van der Waals surface area contributed by atoms with Gasteiger partial charge in [-0.1, -0.05) is 0 Å². The summed E-state index contributed by atoms with van der Waals surface area (Å²) in [6, 6.07) is 0. The van der Waals surface area contributed by atoms with Crippen LogP contribution in [0.2, 0.25) is 0 Å². The van der Waals surface area contributed by atoms with E-state index in [1.807, 2.05) is 0 Å². The van der Waals surface area contributed by atoms with E-state index < -0.39 is 28.5 Å². The van der Waals surface area contributed by atoms with Crippen LogP contribution in [0.5, 0.6) is 0 Å². The molecule has 0 aromatic heterocycles. The normalized spacial score (nSPS) is 20.9. The van der Waals surface area contributed by atoms with Gasteiger partial charge in [-0.25, -0.2) is 17.4 Å². The first-order chi connectivity index (χ1) is 4.75. The molecule has 0 aliphatic carbocycles. The van der Waals surface area contributed by atoms with Crippen molar-refractivity contribution < 1.29 is 21.9 Å². The molecule has 2 atom stereocenters. The Bertz CT molecular complexity index is 173. The van der Waals surface area contributed by atoms with Crippen molar-refractivity contribution >= 4 is 11.1 Å². The van der Waals surface area contributed by atoms with Crippen LogP contribution in [0.3, 0.4) is 0 Å². The van der Waals surface area contributed by atoms with Crippen molar-refractivity contribution in [2.45, 2.75) is 17.8 Å². The largest absolute Gasteiger partial charge is 0.325 e. The van der Waals surface area contributed by atoms with Gasteiger partial charge in [-0.3, -0.25) is 0 Å². The van der Waals surface area contributed by atoms with Crippen LogP contribution in [0.1, 0.15) is 6.92 Å². The molecular formula is C4H8F3NO2S. The number of nitrogens with two attached hydrogens (primary N) is 1. The Kier molecular flexibility index (Phi) is 3.04. The highest BCUT2D eigenvalue weighted by atomic mass is 32.2. The van der Waals surface area contributed by atoms with Gasteiger partial charge in [0.2, 0.25) is 0 Å². The smallest absolute Gasteiger partial charge is 0.307 e. The molecule has 0 heterocycles. The Morgan fingerprint density at radius 3 is 2.00 bits per heavy atom. The van der Waals surface area contributed by atoms with Gasteiger partial charge >= 0.3 is 5.92 Å². The maximum Gasteiger partial charge on any atom is 0.307 e. The van der Waals surface area contributed by atoms with E-state index in [2.05, 4.69) is 5.73 Å². The van der Waals surface area contributed by atoms with Gasteiger partial charge in [0.05, 0.1) is 6.54 Å². The molecule has 0 aliphatic rings. The third-order valence-electron chi connectivity index (χ3n) is 1.24. The molecule has 0 bridgehead atoms. The van der Waals surface area contributed by atoms with E-state index in [-0.39, 0.29) is 0 Å². The summed E-state index contributed by atoms with van der Waals surface area (Å²) in [5.41, 5.74) is 4.49. The Balaban J connectivity index is 4.67. The van der Waals surface area contributed by atoms with Gasteiger partial charge in [0.15, 0.2) is 11.1 Å². The molecule has 7 heteroatoms. The minimum absolute atomic E-state index is 0.329. The lowest BCUT2D eigenvalue weighted by Crippen LogP contribution is -2.49. The molecule has 2 unspecified atom stereocenters. The fourth-order valence-electron chi connectivity index (χ4n) is 0.310. The van der Waals surface area contributed by atoms with Crippen molar-refractivity contribution in [3.63, 3.8) is 0 Å². The van der Waals surface area contributed by atoms with E-state index >= 15 is 0 Å². The first-order valence-corrected chi connectivity index (χ1v) is 3.74. The lowest BCUT2D eigenvalue weighted by atomic mass is 10.2. The van der Waals surface area contributed by atoms with E-state index in [0.29, 0.717) is 6.92 Å². The number of halogens is 3. The van der Waals surface area contributed by atoms with Crippen LogP contribution in [0.15, 0.2) is 0 Å². The third kappa shape index (κ3) is 1.91. The quantitative estimate of drug-likeness (QED) is 0.638. The highest BCUT2D eigenvalue weighted by Crippen LogP contribution is 2.33. The van der Waals surface area contributed by atoms with Crippen molar-refractivity contribution in [2.24, 2.45) is 5.73 Å². The summed E-state index contributed by atoms with van der Waals surface area (Å²) >= 11 is -3.24. The predicted octanol–water partition coefficient (Wildman–Crippen LogP) is 0.488. The lowest BCUT2D eigenvalue weighted by Gasteiger charge is -2.25. The van der Waals surface area contributed by atoms with E-state index in [0.717, 1.165) is 0 Å². The molecule has 0 saturated carbocycles. The topological polar surface area (TPSA) is 63.3 Å². The zero-order chi connectivity index (χ0) is 9.28. The summed E-state index contributed by atoms with van der Waals surface area (Å²) in [6.45, 7) is -0.970. The third-order valence-corrected chi connectivity index (χ3v) is 2.19. The second kappa shape index (κ2) is 3.08. The molecule has 0 aromatic carbocycles. The summed E-state index contributed by atoms with van der Waals surface area (Å²) in [5, 5.41) is -3.48. The molecule has 68 valence electrons. The van der Waals surface area contributed by atoms with Crippen LogP contribution in [-0.2, 0) is 11.1 Å². The zero-order valence-corrected chi connectivity index (χ0v) is 6.50. The summed E-state index contributed by atoms with van der Waals surface area (Å²) < 4.78 is 55.4. The maximum atomic E-state index is 12.6. The predicted molar refractivity (Wildman–Crippen MR) is 34.3 cm³/mol. The monoisotopic (exact) mass is 191 g/mol. The average molecular weight is 191 g/mol. The SMILES string of the molecule is CC(F)(S(=O)O)C(F)(F)CN. The second-order valence-electron chi connectivity index (χ2n) is 2.07. The van der Waals surface area contributed by atoms with Gasteiger partial charge in [-0.15, -0.1) is 0 Å². The molecule has 0 aromatic rings. The lowest BCUT2D eigenvalue weighted by molar-refractivity contribution is -0.0783. The van der Waals surface area contributed by atoms with E-state index in [9.17, 15) is 17.4 Å². The molecule has 3 N–H and O–H groups in total. The Hall–Kier alpha value is -0.140. The summed E-state index contributed by atoms with van der Waals surface area (Å²) in [7, 11) is 0. The summed E-state index contributed by atoms with van der Waals surface area (Å²) in [6.07, 6.45) is 0. The van der Waals surface area contributed by atoms with E-state index in [1.165, 1.54) is 0 Å². The minimum atomic E-state index is -3.98. The van der Waals surface area contributed by atoms with Crippen molar-refractivity contribution in [2.75, 3.05) is 6.54 Å². The van der Waals surface area contributed by atoms with E-state index in [1.54, 1.807) is 0 Å². The van der Waals surface area contributed by atoms with Crippen molar-refractivity contribution in [1.29, 1.82) is 0 Å². The van der Waals surface area contributed by atoms with Crippen LogP contribution in [0.25, 0.3) is 0 Å². The molecule has 0 radical (unpaired) electrons. The van der Waals surface area contributed by atoms with Crippen molar-refractivity contribution in [1.82, 2.24) is 0 Å². The van der Waals surface area contributed by atoms with Crippen molar-refractivity contribution in [3.8, 4) is 0 Å². The molecule has 0 amide bonds. The minimum Gasteiger partial charge on any atom is -0.325 e. The number of alkyl halides is 3. The Morgan fingerprint density at radius 2 is 1.91 bits per heavy atom. The van der Waals surface area contributed by atoms with Crippen LogP contribution >= 0.6 is 0 Å².